The number of aliphatic hydroxyl groups excluding tert-OH is 1. The van der Waals surface area contributed by atoms with Gasteiger partial charge in [-0.1, -0.05) is 0 Å². The van der Waals surface area contributed by atoms with E-state index in [2.05, 4.69) is 20.9 Å². The normalized spacial score (nSPS) is 21.6. The van der Waals surface area contributed by atoms with Crippen LogP contribution in [0.1, 0.15) is 5.56 Å². The monoisotopic (exact) mass is 258 g/mol. The Morgan fingerprint density at radius 2 is 2.50 bits per heavy atom. The zero-order valence-corrected chi connectivity index (χ0v) is 9.36. The Hall–Kier alpha value is -0.650. The van der Waals surface area contributed by atoms with E-state index in [9.17, 15) is 5.11 Å². The lowest BCUT2D eigenvalue weighted by Gasteiger charge is -2.15. The van der Waals surface area contributed by atoms with Gasteiger partial charge in [0.15, 0.2) is 5.82 Å². The molecule has 0 radical (unpaired) electrons. The molecule has 1 saturated heterocycles. The number of hydrogen-bond acceptors (Lipinski definition) is 4. The van der Waals surface area contributed by atoms with Crippen molar-refractivity contribution < 1.29 is 9.94 Å². The molecule has 0 aliphatic carbocycles. The molecule has 1 unspecified atom stereocenters. The Labute approximate surface area is 90.6 Å². The maximum Gasteiger partial charge on any atom is 0.152 e. The first-order valence-electron chi connectivity index (χ1n) is 4.37. The summed E-state index contributed by atoms with van der Waals surface area (Å²) in [5.41, 5.74) is 1.10. The molecule has 1 aromatic rings. The largest absolute Gasteiger partial charge is 0.389 e. The van der Waals surface area contributed by atoms with E-state index in [1.54, 1.807) is 11.3 Å². The second-order valence-corrected chi connectivity index (χ2v) is 4.16. The topological polar surface area (TPSA) is 45.6 Å². The first-order valence-corrected chi connectivity index (χ1v) is 5.17. The van der Waals surface area contributed by atoms with Gasteiger partial charge in [0.2, 0.25) is 0 Å². The van der Waals surface area contributed by atoms with Gasteiger partial charge in [-0.3, -0.25) is 4.84 Å². The van der Waals surface area contributed by atoms with Gasteiger partial charge in [0.1, 0.15) is 6.61 Å². The molecule has 14 heavy (non-hydrogen) atoms. The number of hydrogen-bond donors (Lipinski definition) is 1. The Morgan fingerprint density at radius 3 is 3.07 bits per heavy atom. The molecule has 76 valence electrons. The summed E-state index contributed by atoms with van der Waals surface area (Å²) in [5, 5.41) is 10.9. The average molecular weight is 259 g/mol. The van der Waals surface area contributed by atoms with E-state index in [-0.39, 0.29) is 0 Å². The fraction of sp³-hybridized carbons (Fsp3) is 0.444. The van der Waals surface area contributed by atoms with Gasteiger partial charge in [-0.25, -0.2) is 10.0 Å². The summed E-state index contributed by atoms with van der Waals surface area (Å²) in [6, 6.07) is 1.92. The van der Waals surface area contributed by atoms with Crippen LogP contribution in [0, 0.1) is 6.92 Å². The van der Waals surface area contributed by atoms with Crippen LogP contribution in [-0.2, 0) is 4.84 Å². The highest BCUT2D eigenvalue weighted by Crippen LogP contribution is 2.22. The lowest BCUT2D eigenvalue weighted by atomic mass is 10.3. The molecule has 4 nitrogen and oxygen atoms in total. The van der Waals surface area contributed by atoms with Crippen molar-refractivity contribution >= 4 is 21.7 Å². The van der Waals surface area contributed by atoms with Crippen LogP contribution in [0.3, 0.4) is 0 Å². The summed E-state index contributed by atoms with van der Waals surface area (Å²) in [5.74, 6) is 0.738. The quantitative estimate of drug-likeness (QED) is 0.824. The number of nitrogens with zero attached hydrogens (tertiary/aromatic N) is 2. The maximum absolute atomic E-state index is 9.28. The van der Waals surface area contributed by atoms with E-state index in [0.717, 1.165) is 15.9 Å². The minimum absolute atomic E-state index is 0.344. The van der Waals surface area contributed by atoms with E-state index in [1.807, 2.05) is 13.0 Å². The number of pyridine rings is 1. The number of hydroxylamine groups is 1. The number of halogens is 1. The van der Waals surface area contributed by atoms with Crippen LogP contribution in [0.5, 0.6) is 0 Å². The summed E-state index contributed by atoms with van der Waals surface area (Å²) < 4.78 is 0.973. The summed E-state index contributed by atoms with van der Waals surface area (Å²) in [7, 11) is 0. The molecule has 2 heterocycles. The van der Waals surface area contributed by atoms with Gasteiger partial charge in [-0.05, 0) is 34.5 Å². The average Bonchev–Trinajstić information content (AvgIpc) is 2.57. The minimum Gasteiger partial charge on any atom is -0.389 e. The SMILES string of the molecule is Cc1cc(N2CC(O)CO2)ncc1Br. The van der Waals surface area contributed by atoms with Crippen molar-refractivity contribution in [2.75, 3.05) is 18.2 Å². The van der Waals surface area contributed by atoms with E-state index in [0.29, 0.717) is 13.2 Å². The van der Waals surface area contributed by atoms with Crippen molar-refractivity contribution in [3.05, 3.63) is 22.3 Å². The smallest absolute Gasteiger partial charge is 0.152 e. The third-order valence-corrected chi connectivity index (χ3v) is 2.92. The minimum atomic E-state index is -0.416. The predicted octanol–water partition coefficient (Wildman–Crippen LogP) is 1.27. The third-order valence-electron chi connectivity index (χ3n) is 2.09. The second kappa shape index (κ2) is 3.84. The molecule has 1 atom stereocenters. The zero-order chi connectivity index (χ0) is 10.1. The van der Waals surface area contributed by atoms with Crippen molar-refractivity contribution in [1.82, 2.24) is 4.98 Å². The first-order chi connectivity index (χ1) is 6.66. The van der Waals surface area contributed by atoms with Crippen LogP contribution >= 0.6 is 15.9 Å². The maximum atomic E-state index is 9.28. The number of aliphatic hydroxyl groups is 1. The number of anilines is 1. The van der Waals surface area contributed by atoms with Gasteiger partial charge < -0.3 is 5.11 Å². The van der Waals surface area contributed by atoms with Crippen molar-refractivity contribution in [3.8, 4) is 0 Å². The molecule has 1 aliphatic rings. The highest BCUT2D eigenvalue weighted by Gasteiger charge is 2.22. The van der Waals surface area contributed by atoms with E-state index in [4.69, 9.17) is 4.84 Å². The molecule has 1 aromatic heterocycles. The molecule has 0 saturated carbocycles. The molecular weight excluding hydrogens is 248 g/mol. The van der Waals surface area contributed by atoms with E-state index >= 15 is 0 Å². The summed E-state index contributed by atoms with van der Waals surface area (Å²) in [6.07, 6.45) is 1.32. The molecule has 1 fully saturated rings. The molecular formula is C9H11BrN2O2. The van der Waals surface area contributed by atoms with Crippen LogP contribution in [0.25, 0.3) is 0 Å². The first kappa shape index (κ1) is 9.89. The van der Waals surface area contributed by atoms with E-state index in [1.165, 1.54) is 0 Å². The van der Waals surface area contributed by atoms with Gasteiger partial charge in [0, 0.05) is 10.7 Å². The van der Waals surface area contributed by atoms with Crippen LogP contribution in [0.2, 0.25) is 0 Å². The van der Waals surface area contributed by atoms with Crippen LogP contribution in [0.15, 0.2) is 16.7 Å². The number of aromatic nitrogens is 1. The highest BCUT2D eigenvalue weighted by molar-refractivity contribution is 9.10. The number of aryl methyl sites for hydroxylation is 1. The van der Waals surface area contributed by atoms with Crippen molar-refractivity contribution in [2.24, 2.45) is 0 Å². The third kappa shape index (κ3) is 1.89. The molecule has 1 N–H and O–H groups in total. The lowest BCUT2D eigenvalue weighted by Crippen LogP contribution is -2.21. The molecule has 1 aliphatic heterocycles. The van der Waals surface area contributed by atoms with Gasteiger partial charge in [0.05, 0.1) is 12.6 Å². The zero-order valence-electron chi connectivity index (χ0n) is 7.77. The van der Waals surface area contributed by atoms with Crippen LogP contribution in [0.4, 0.5) is 5.82 Å². The Bertz CT molecular complexity index is 346. The summed E-state index contributed by atoms with van der Waals surface area (Å²) in [6.45, 7) is 2.81. The van der Waals surface area contributed by atoms with Crippen LogP contribution in [-0.4, -0.2) is 29.3 Å². The molecule has 0 amide bonds. The lowest BCUT2D eigenvalue weighted by molar-refractivity contribution is 0.115. The Kier molecular flexibility index (Phi) is 2.71. The van der Waals surface area contributed by atoms with E-state index < -0.39 is 6.10 Å². The number of β-amino-alcohol motifs (C(OH)–C–C–N with tert-alkyl or cyclic N) is 1. The van der Waals surface area contributed by atoms with Crippen molar-refractivity contribution in [1.29, 1.82) is 0 Å². The molecule has 0 spiro atoms. The van der Waals surface area contributed by atoms with Gasteiger partial charge >= 0.3 is 0 Å². The fourth-order valence-electron chi connectivity index (χ4n) is 1.29. The second-order valence-electron chi connectivity index (χ2n) is 3.30. The number of rotatable bonds is 1. The van der Waals surface area contributed by atoms with Crippen molar-refractivity contribution in [3.63, 3.8) is 0 Å². The van der Waals surface area contributed by atoms with Crippen molar-refractivity contribution in [2.45, 2.75) is 13.0 Å². The standard InChI is InChI=1S/C9H11BrN2O2/c1-6-2-9(11-3-8(6)10)12-4-7(13)5-14-12/h2-3,7,13H,4-5H2,1H3. The molecule has 5 heteroatoms. The Morgan fingerprint density at radius 1 is 1.71 bits per heavy atom. The van der Waals surface area contributed by atoms with Crippen LogP contribution < -0.4 is 5.06 Å². The van der Waals surface area contributed by atoms with Gasteiger partial charge in [0.25, 0.3) is 0 Å². The molecule has 2 rings (SSSR count). The Balaban J connectivity index is 2.20. The fourth-order valence-corrected chi connectivity index (χ4v) is 1.51. The van der Waals surface area contributed by atoms with Gasteiger partial charge in [-0.2, -0.15) is 0 Å². The summed E-state index contributed by atoms with van der Waals surface area (Å²) in [4.78, 5) is 9.45. The summed E-state index contributed by atoms with van der Waals surface area (Å²) >= 11 is 3.38. The predicted molar refractivity (Wildman–Crippen MR) is 56.0 cm³/mol. The van der Waals surface area contributed by atoms with Gasteiger partial charge in [-0.15, -0.1) is 0 Å². The molecule has 0 bridgehead atoms. The molecule has 0 aromatic carbocycles. The highest BCUT2D eigenvalue weighted by atomic mass is 79.9.